The first-order valence-electron chi connectivity index (χ1n) is 9.86. The van der Waals surface area contributed by atoms with Crippen LogP contribution in [0, 0.1) is 21.7 Å². The minimum atomic E-state index is -0.792. The number of nitro benzene ring substituents is 1. The molecule has 0 atom stereocenters. The zero-order chi connectivity index (χ0) is 23.4. The van der Waals surface area contributed by atoms with E-state index in [2.05, 4.69) is 9.97 Å². The number of non-ortho nitro benzene ring substituents is 1. The van der Waals surface area contributed by atoms with Crippen LogP contribution in [-0.4, -0.2) is 31.9 Å². The first kappa shape index (κ1) is 24.9. The normalized spacial score (nSPS) is 11.0. The van der Waals surface area contributed by atoms with Gasteiger partial charge in [0.2, 0.25) is 0 Å². The van der Waals surface area contributed by atoms with E-state index in [4.69, 9.17) is 0 Å². The molecule has 0 bridgehead atoms. The number of rotatable bonds is 8. The van der Waals surface area contributed by atoms with Gasteiger partial charge in [-0.1, -0.05) is 11.3 Å². The second-order valence-corrected chi connectivity index (χ2v) is 8.07. The lowest BCUT2D eigenvalue weighted by atomic mass is 10.2. The number of benzene rings is 2. The van der Waals surface area contributed by atoms with Gasteiger partial charge in [-0.25, -0.2) is 18.7 Å². The van der Waals surface area contributed by atoms with Crippen LogP contribution in [0.25, 0.3) is 16.3 Å². The molecule has 0 unspecified atom stereocenters. The first-order valence-corrected chi connectivity index (χ1v) is 10.7. The Morgan fingerprint density at radius 2 is 2.00 bits per heavy atom. The molecule has 0 saturated heterocycles. The van der Waals surface area contributed by atoms with E-state index in [-0.39, 0.29) is 35.3 Å². The van der Waals surface area contributed by atoms with Crippen molar-refractivity contribution in [3.05, 3.63) is 88.5 Å². The van der Waals surface area contributed by atoms with Gasteiger partial charge in [0.1, 0.15) is 11.3 Å². The Kier molecular flexibility index (Phi) is 8.03. The maximum atomic E-state index is 14.2. The van der Waals surface area contributed by atoms with Crippen LogP contribution in [0.3, 0.4) is 0 Å². The Bertz CT molecular complexity index is 1330. The number of anilines is 1. The summed E-state index contributed by atoms with van der Waals surface area (Å²) in [5, 5.41) is 11.0. The SMILES string of the molecule is Cl.O=C(/C=C/c1ccc([N+](=O)[O-])cc1)N(CCCn1ccnc1)c1nc2c(F)cc(F)cc2s1. The molecule has 0 N–H and O–H groups in total. The minimum absolute atomic E-state index is 0. The molecule has 2 aromatic carbocycles. The number of carbonyl (C=O) groups is 1. The summed E-state index contributed by atoms with van der Waals surface area (Å²) < 4.78 is 29.9. The summed E-state index contributed by atoms with van der Waals surface area (Å²) in [5.41, 5.74) is 0.552. The van der Waals surface area contributed by atoms with Gasteiger partial charge in [-0.3, -0.25) is 19.8 Å². The molecule has 1 amide bonds. The number of aryl methyl sites for hydroxylation is 1. The van der Waals surface area contributed by atoms with Gasteiger partial charge in [0.05, 0.1) is 16.0 Å². The summed E-state index contributed by atoms with van der Waals surface area (Å²) in [4.78, 5) is 32.9. The molecule has 4 aromatic rings. The van der Waals surface area contributed by atoms with Gasteiger partial charge in [-0.2, -0.15) is 0 Å². The van der Waals surface area contributed by atoms with Crippen molar-refractivity contribution < 1.29 is 18.5 Å². The number of carbonyl (C=O) groups excluding carboxylic acids is 1. The summed E-state index contributed by atoms with van der Waals surface area (Å²) in [6.45, 7) is 0.884. The smallest absolute Gasteiger partial charge is 0.269 e. The average molecular weight is 506 g/mol. The quantitative estimate of drug-likeness (QED) is 0.185. The lowest BCUT2D eigenvalue weighted by molar-refractivity contribution is -0.384. The number of hydrogen-bond acceptors (Lipinski definition) is 6. The zero-order valence-electron chi connectivity index (χ0n) is 17.5. The van der Waals surface area contributed by atoms with Crippen molar-refractivity contribution in [1.29, 1.82) is 0 Å². The summed E-state index contributed by atoms with van der Waals surface area (Å²) in [6, 6.07) is 7.68. The predicted octanol–water partition coefficient (Wildman–Crippen LogP) is 5.24. The third kappa shape index (κ3) is 5.80. The van der Waals surface area contributed by atoms with Gasteiger partial charge in [0.25, 0.3) is 11.6 Å². The summed E-state index contributed by atoms with van der Waals surface area (Å²) in [5.74, 6) is -1.91. The summed E-state index contributed by atoms with van der Waals surface area (Å²) in [7, 11) is 0. The van der Waals surface area contributed by atoms with E-state index in [1.807, 2.05) is 4.57 Å². The highest BCUT2D eigenvalue weighted by atomic mass is 35.5. The topological polar surface area (TPSA) is 94.2 Å². The van der Waals surface area contributed by atoms with Crippen molar-refractivity contribution >= 4 is 56.8 Å². The van der Waals surface area contributed by atoms with Gasteiger partial charge < -0.3 is 4.57 Å². The highest BCUT2D eigenvalue weighted by Gasteiger charge is 2.20. The van der Waals surface area contributed by atoms with Crippen molar-refractivity contribution in [2.24, 2.45) is 0 Å². The van der Waals surface area contributed by atoms with Gasteiger partial charge in [0.15, 0.2) is 10.9 Å². The van der Waals surface area contributed by atoms with Crippen LogP contribution in [0.1, 0.15) is 12.0 Å². The Labute approximate surface area is 202 Å². The van der Waals surface area contributed by atoms with E-state index in [0.717, 1.165) is 17.4 Å². The van der Waals surface area contributed by atoms with Gasteiger partial charge in [-0.15, -0.1) is 12.4 Å². The second kappa shape index (κ2) is 10.9. The molecular weight excluding hydrogens is 488 g/mol. The fourth-order valence-electron chi connectivity index (χ4n) is 3.16. The molecule has 0 radical (unpaired) electrons. The highest BCUT2D eigenvalue weighted by molar-refractivity contribution is 7.22. The first-order chi connectivity index (χ1) is 15.9. The maximum Gasteiger partial charge on any atom is 0.269 e. The number of aromatic nitrogens is 3. The molecule has 176 valence electrons. The van der Waals surface area contributed by atoms with Gasteiger partial charge >= 0.3 is 0 Å². The molecule has 34 heavy (non-hydrogen) atoms. The minimum Gasteiger partial charge on any atom is -0.337 e. The van der Waals surface area contributed by atoms with E-state index in [0.29, 0.717) is 23.2 Å². The molecular formula is C22H18ClF2N5O3S. The lowest BCUT2D eigenvalue weighted by Crippen LogP contribution is -2.30. The second-order valence-electron chi connectivity index (χ2n) is 7.06. The monoisotopic (exact) mass is 505 g/mol. The number of imidazole rings is 1. The number of amides is 1. The molecule has 12 heteroatoms. The predicted molar refractivity (Wildman–Crippen MR) is 128 cm³/mol. The molecule has 0 aliphatic heterocycles. The average Bonchev–Trinajstić information content (AvgIpc) is 3.45. The van der Waals surface area contributed by atoms with Crippen molar-refractivity contribution in [2.75, 3.05) is 11.4 Å². The van der Waals surface area contributed by atoms with Crippen molar-refractivity contribution in [2.45, 2.75) is 13.0 Å². The summed E-state index contributed by atoms with van der Waals surface area (Å²) >= 11 is 1.02. The van der Waals surface area contributed by atoms with Crippen LogP contribution in [-0.2, 0) is 11.3 Å². The third-order valence-corrected chi connectivity index (χ3v) is 5.80. The third-order valence-electron chi connectivity index (χ3n) is 4.78. The Morgan fingerprint density at radius 1 is 1.24 bits per heavy atom. The fourth-order valence-corrected chi connectivity index (χ4v) is 4.19. The van der Waals surface area contributed by atoms with Crippen LogP contribution in [0.2, 0.25) is 0 Å². The largest absolute Gasteiger partial charge is 0.337 e. The van der Waals surface area contributed by atoms with Crippen LogP contribution in [0.15, 0.2) is 61.2 Å². The van der Waals surface area contributed by atoms with Gasteiger partial charge in [-0.05, 0) is 36.3 Å². The number of nitro groups is 1. The van der Waals surface area contributed by atoms with Crippen molar-refractivity contribution in [1.82, 2.24) is 14.5 Å². The number of hydrogen-bond donors (Lipinski definition) is 0. The van der Waals surface area contributed by atoms with E-state index in [1.54, 1.807) is 18.7 Å². The van der Waals surface area contributed by atoms with Crippen LogP contribution in [0.5, 0.6) is 0 Å². The van der Waals surface area contributed by atoms with Crippen LogP contribution < -0.4 is 4.90 Å². The lowest BCUT2D eigenvalue weighted by Gasteiger charge is -2.18. The summed E-state index contributed by atoms with van der Waals surface area (Å²) in [6.07, 6.45) is 8.54. The number of fused-ring (bicyclic) bond motifs is 1. The zero-order valence-corrected chi connectivity index (χ0v) is 19.1. The Balaban J connectivity index is 0.00000324. The molecule has 8 nitrogen and oxygen atoms in total. The van der Waals surface area contributed by atoms with E-state index >= 15 is 0 Å². The number of nitrogens with zero attached hydrogens (tertiary/aromatic N) is 5. The van der Waals surface area contributed by atoms with E-state index in [9.17, 15) is 23.7 Å². The van der Waals surface area contributed by atoms with Crippen molar-refractivity contribution in [3.8, 4) is 0 Å². The molecule has 0 spiro atoms. The number of halogens is 3. The molecule has 2 heterocycles. The van der Waals surface area contributed by atoms with Crippen LogP contribution in [0.4, 0.5) is 19.6 Å². The molecule has 4 rings (SSSR count). The molecule has 0 saturated carbocycles. The van der Waals surface area contributed by atoms with E-state index in [1.165, 1.54) is 47.4 Å². The molecule has 0 fully saturated rings. The van der Waals surface area contributed by atoms with Gasteiger partial charge in [0, 0.05) is 49.8 Å². The molecule has 0 aliphatic rings. The Morgan fingerprint density at radius 3 is 2.68 bits per heavy atom. The van der Waals surface area contributed by atoms with Crippen molar-refractivity contribution in [3.63, 3.8) is 0 Å². The fraction of sp³-hybridized carbons (Fsp3) is 0.136. The Hall–Kier alpha value is -3.70. The standard InChI is InChI=1S/C22H17F2N5O3S.ClH/c23-16-12-18(24)21-19(13-16)33-22(26-21)28(10-1-9-27-11-8-25-14-27)20(30)7-4-15-2-5-17(6-3-15)29(31)32;/h2-8,11-14H,1,9-10H2;1H/b7-4+;. The molecule has 2 aromatic heterocycles. The van der Waals surface area contributed by atoms with Crippen LogP contribution >= 0.6 is 23.7 Å². The van der Waals surface area contributed by atoms with E-state index < -0.39 is 22.5 Å². The highest BCUT2D eigenvalue weighted by Crippen LogP contribution is 2.31. The number of thiazole rings is 1. The maximum absolute atomic E-state index is 14.2. The molecule has 0 aliphatic carbocycles.